The molecule has 4 N–H and O–H groups in total. The summed E-state index contributed by atoms with van der Waals surface area (Å²) >= 11 is 0. The lowest BCUT2D eigenvalue weighted by atomic mass is 10.3. The maximum atomic E-state index is 10.6. The molecule has 2 aromatic heterocycles. The van der Waals surface area contributed by atoms with Gasteiger partial charge in [-0.3, -0.25) is 5.10 Å². The molecule has 0 unspecified atom stereocenters. The van der Waals surface area contributed by atoms with Crippen LogP contribution in [0.2, 0.25) is 0 Å². The molecule has 0 radical (unpaired) electrons. The van der Waals surface area contributed by atoms with Gasteiger partial charge in [0, 0.05) is 0 Å². The molecule has 0 aliphatic heterocycles. The zero-order chi connectivity index (χ0) is 9.42. The van der Waals surface area contributed by atoms with Crippen molar-refractivity contribution in [1.29, 1.82) is 0 Å². The Morgan fingerprint density at radius 1 is 1.54 bits per heavy atom. The highest BCUT2D eigenvalue weighted by Gasteiger charge is 2.16. The monoisotopic (exact) mass is 179 g/mol. The number of aromatic nitrogens is 4. The fraction of sp³-hybridized carbons (Fsp3) is 0. The maximum absolute atomic E-state index is 10.6. The molecular formula is C6H5N5O2. The molecule has 0 fully saturated rings. The summed E-state index contributed by atoms with van der Waals surface area (Å²) in [7, 11) is 0. The average Bonchev–Trinajstić information content (AvgIpc) is 2.49. The predicted octanol–water partition coefficient (Wildman–Crippen LogP) is -0.367. The van der Waals surface area contributed by atoms with Crippen LogP contribution in [0, 0.1) is 0 Å². The van der Waals surface area contributed by atoms with Crippen molar-refractivity contribution < 1.29 is 9.90 Å². The molecule has 7 nitrogen and oxygen atoms in total. The van der Waals surface area contributed by atoms with E-state index in [-0.39, 0.29) is 16.9 Å². The van der Waals surface area contributed by atoms with E-state index in [0.717, 1.165) is 0 Å². The van der Waals surface area contributed by atoms with Crippen LogP contribution in [0.4, 0.5) is 5.82 Å². The zero-order valence-electron chi connectivity index (χ0n) is 6.35. The number of nitrogens with zero attached hydrogens (tertiary/aromatic N) is 3. The first-order valence-electron chi connectivity index (χ1n) is 3.38. The molecule has 0 aliphatic carbocycles. The Hall–Kier alpha value is -2.18. The molecule has 0 atom stereocenters. The fourth-order valence-electron chi connectivity index (χ4n) is 1.04. The largest absolute Gasteiger partial charge is 0.476 e. The van der Waals surface area contributed by atoms with Gasteiger partial charge in [0.05, 0.1) is 5.39 Å². The van der Waals surface area contributed by atoms with Crippen LogP contribution in [0.3, 0.4) is 0 Å². The van der Waals surface area contributed by atoms with Crippen LogP contribution in [0.1, 0.15) is 10.5 Å². The van der Waals surface area contributed by atoms with Crippen LogP contribution >= 0.6 is 0 Å². The van der Waals surface area contributed by atoms with Gasteiger partial charge in [0.1, 0.15) is 12.1 Å². The minimum atomic E-state index is -1.16. The number of nitrogen functional groups attached to an aromatic ring is 1. The van der Waals surface area contributed by atoms with Crippen LogP contribution < -0.4 is 5.73 Å². The minimum Gasteiger partial charge on any atom is -0.476 e. The van der Waals surface area contributed by atoms with Gasteiger partial charge in [-0.2, -0.15) is 5.10 Å². The SMILES string of the molecule is Nc1ncnc2[nH]nc(C(=O)O)c12. The Kier molecular flexibility index (Phi) is 1.38. The van der Waals surface area contributed by atoms with Crippen LogP contribution in [-0.2, 0) is 0 Å². The molecule has 0 aromatic carbocycles. The first-order chi connectivity index (χ1) is 6.20. The molecule has 13 heavy (non-hydrogen) atoms. The van der Waals surface area contributed by atoms with Crippen molar-refractivity contribution in [3.63, 3.8) is 0 Å². The topological polar surface area (TPSA) is 118 Å². The van der Waals surface area contributed by atoms with Crippen molar-refractivity contribution in [2.45, 2.75) is 0 Å². The number of nitrogens with one attached hydrogen (secondary N) is 1. The normalized spacial score (nSPS) is 10.5. The minimum absolute atomic E-state index is 0.108. The number of aromatic carboxylic acids is 1. The number of carboxylic acids is 1. The number of aromatic amines is 1. The second-order valence-corrected chi connectivity index (χ2v) is 2.36. The number of H-pyrrole nitrogens is 1. The molecule has 0 aliphatic rings. The Bertz CT molecular complexity index is 477. The third-order valence-electron chi connectivity index (χ3n) is 1.59. The molecule has 0 saturated carbocycles. The first-order valence-corrected chi connectivity index (χ1v) is 3.38. The van der Waals surface area contributed by atoms with Crippen LogP contribution in [0.25, 0.3) is 11.0 Å². The molecule has 0 spiro atoms. The summed E-state index contributed by atoms with van der Waals surface area (Å²) in [6.07, 6.45) is 1.24. The molecule has 7 heteroatoms. The summed E-state index contributed by atoms with van der Waals surface area (Å²) < 4.78 is 0. The molecule has 2 rings (SSSR count). The van der Waals surface area contributed by atoms with Gasteiger partial charge in [-0.1, -0.05) is 0 Å². The smallest absolute Gasteiger partial charge is 0.357 e. The number of carbonyl (C=O) groups is 1. The molecule has 66 valence electrons. The van der Waals surface area contributed by atoms with Gasteiger partial charge in [-0.05, 0) is 0 Å². The summed E-state index contributed by atoms with van der Waals surface area (Å²) in [6, 6.07) is 0. The number of hydrogen-bond donors (Lipinski definition) is 3. The summed E-state index contributed by atoms with van der Waals surface area (Å²) in [4.78, 5) is 18.1. The number of anilines is 1. The summed E-state index contributed by atoms with van der Waals surface area (Å²) in [5, 5.41) is 14.9. The van der Waals surface area contributed by atoms with Crippen molar-refractivity contribution in [3.8, 4) is 0 Å². The van der Waals surface area contributed by atoms with E-state index in [2.05, 4.69) is 20.2 Å². The van der Waals surface area contributed by atoms with Gasteiger partial charge in [-0.15, -0.1) is 0 Å². The van der Waals surface area contributed by atoms with E-state index in [1.807, 2.05) is 0 Å². The predicted molar refractivity (Wildman–Crippen MR) is 43.1 cm³/mol. The van der Waals surface area contributed by atoms with Crippen LogP contribution in [0.5, 0.6) is 0 Å². The van der Waals surface area contributed by atoms with Crippen LogP contribution in [-0.4, -0.2) is 31.2 Å². The quantitative estimate of drug-likeness (QED) is 0.549. The van der Waals surface area contributed by atoms with E-state index in [0.29, 0.717) is 5.65 Å². The van der Waals surface area contributed by atoms with Crippen molar-refractivity contribution >= 4 is 22.8 Å². The number of nitrogens with two attached hydrogens (primary N) is 1. The summed E-state index contributed by atoms with van der Waals surface area (Å²) in [5.74, 6) is -1.05. The van der Waals surface area contributed by atoms with Gasteiger partial charge >= 0.3 is 5.97 Å². The summed E-state index contributed by atoms with van der Waals surface area (Å²) in [6.45, 7) is 0. The number of fused-ring (bicyclic) bond motifs is 1. The Labute approximate surface area is 71.6 Å². The Morgan fingerprint density at radius 3 is 3.00 bits per heavy atom. The molecule has 0 bridgehead atoms. The second kappa shape index (κ2) is 2.41. The molecular weight excluding hydrogens is 174 g/mol. The third kappa shape index (κ3) is 0.975. The number of rotatable bonds is 1. The maximum Gasteiger partial charge on any atom is 0.357 e. The van der Waals surface area contributed by atoms with Gasteiger partial charge in [-0.25, -0.2) is 14.8 Å². The zero-order valence-corrected chi connectivity index (χ0v) is 6.35. The van der Waals surface area contributed by atoms with Crippen molar-refractivity contribution in [2.24, 2.45) is 0 Å². The highest BCUT2D eigenvalue weighted by molar-refractivity contribution is 6.03. The first kappa shape index (κ1) is 7.47. The lowest BCUT2D eigenvalue weighted by Crippen LogP contribution is -2.00. The van der Waals surface area contributed by atoms with E-state index >= 15 is 0 Å². The van der Waals surface area contributed by atoms with E-state index < -0.39 is 5.97 Å². The highest BCUT2D eigenvalue weighted by atomic mass is 16.4. The van der Waals surface area contributed by atoms with Crippen molar-refractivity contribution in [3.05, 3.63) is 12.0 Å². The molecule has 2 heterocycles. The number of hydrogen-bond acceptors (Lipinski definition) is 5. The summed E-state index contributed by atoms with van der Waals surface area (Å²) in [5.41, 5.74) is 5.63. The molecule has 0 amide bonds. The number of carboxylic acid groups (broad SMARTS) is 1. The van der Waals surface area contributed by atoms with Gasteiger partial charge < -0.3 is 10.8 Å². The van der Waals surface area contributed by atoms with Gasteiger partial charge in [0.15, 0.2) is 11.3 Å². The van der Waals surface area contributed by atoms with Crippen LogP contribution in [0.15, 0.2) is 6.33 Å². The highest BCUT2D eigenvalue weighted by Crippen LogP contribution is 2.17. The lowest BCUT2D eigenvalue weighted by molar-refractivity contribution is 0.0692. The van der Waals surface area contributed by atoms with E-state index in [1.165, 1.54) is 6.33 Å². The molecule has 2 aromatic rings. The second-order valence-electron chi connectivity index (χ2n) is 2.36. The average molecular weight is 179 g/mol. The fourth-order valence-corrected chi connectivity index (χ4v) is 1.04. The Balaban J connectivity index is 2.86. The van der Waals surface area contributed by atoms with Crippen molar-refractivity contribution in [2.75, 3.05) is 5.73 Å². The molecule has 0 saturated heterocycles. The van der Waals surface area contributed by atoms with E-state index in [4.69, 9.17) is 10.8 Å². The lowest BCUT2D eigenvalue weighted by Gasteiger charge is -1.92. The van der Waals surface area contributed by atoms with E-state index in [9.17, 15) is 4.79 Å². The van der Waals surface area contributed by atoms with Crippen molar-refractivity contribution in [1.82, 2.24) is 20.2 Å². The third-order valence-corrected chi connectivity index (χ3v) is 1.59. The van der Waals surface area contributed by atoms with Gasteiger partial charge in [0.25, 0.3) is 0 Å². The Morgan fingerprint density at radius 2 is 2.31 bits per heavy atom. The van der Waals surface area contributed by atoms with Gasteiger partial charge in [0.2, 0.25) is 0 Å². The standard InChI is InChI=1S/C6H5N5O2/c7-4-2-3(6(12)13)10-11-5(2)9-1-8-4/h1H,(H,12,13)(H3,7,8,9,10,11). The van der Waals surface area contributed by atoms with E-state index in [1.54, 1.807) is 0 Å².